The molecular formula is C20H23N3O2. The van der Waals surface area contributed by atoms with Crippen molar-refractivity contribution in [1.82, 2.24) is 0 Å². The van der Waals surface area contributed by atoms with Crippen molar-refractivity contribution >= 4 is 28.9 Å². The first-order chi connectivity index (χ1) is 12.1. The molecule has 1 fully saturated rings. The molecule has 0 atom stereocenters. The molecule has 0 aromatic heterocycles. The van der Waals surface area contributed by atoms with Gasteiger partial charge in [-0.25, -0.2) is 0 Å². The van der Waals surface area contributed by atoms with Gasteiger partial charge in [0.2, 0.25) is 0 Å². The zero-order valence-electron chi connectivity index (χ0n) is 14.4. The molecule has 2 amide bonds. The van der Waals surface area contributed by atoms with E-state index in [1.54, 1.807) is 29.2 Å². The second-order valence-electron chi connectivity index (χ2n) is 6.48. The van der Waals surface area contributed by atoms with Crippen LogP contribution in [0.5, 0.6) is 0 Å². The highest BCUT2D eigenvalue weighted by Gasteiger charge is 2.32. The molecule has 0 saturated heterocycles. The summed E-state index contributed by atoms with van der Waals surface area (Å²) in [7, 11) is 0. The zero-order chi connectivity index (χ0) is 17.8. The minimum Gasteiger partial charge on any atom is -0.399 e. The molecule has 0 unspecified atom stereocenters. The summed E-state index contributed by atoms with van der Waals surface area (Å²) in [6.45, 7) is 1.90. The van der Waals surface area contributed by atoms with Crippen LogP contribution >= 0.6 is 0 Å². The van der Waals surface area contributed by atoms with E-state index in [4.69, 9.17) is 5.73 Å². The Balaban J connectivity index is 1.86. The maximum absolute atomic E-state index is 12.9. The van der Waals surface area contributed by atoms with Crippen LogP contribution in [0.3, 0.4) is 0 Å². The number of nitrogens with zero attached hydrogens (tertiary/aromatic N) is 1. The minimum absolute atomic E-state index is 0.0388. The SMILES string of the molecule is Cc1ccccc1NC(=O)C(=O)N(c1cccc(N)c1)C1CCCC1. The number of anilines is 3. The van der Waals surface area contributed by atoms with Crippen LogP contribution in [-0.2, 0) is 9.59 Å². The monoisotopic (exact) mass is 337 g/mol. The number of rotatable bonds is 3. The van der Waals surface area contributed by atoms with Crippen LogP contribution in [0, 0.1) is 6.92 Å². The van der Waals surface area contributed by atoms with Gasteiger partial charge in [-0.15, -0.1) is 0 Å². The number of aryl methyl sites for hydroxylation is 1. The first-order valence-corrected chi connectivity index (χ1v) is 8.62. The van der Waals surface area contributed by atoms with Crippen LogP contribution in [0.4, 0.5) is 17.1 Å². The summed E-state index contributed by atoms with van der Waals surface area (Å²) in [4.78, 5) is 27.1. The summed E-state index contributed by atoms with van der Waals surface area (Å²) < 4.78 is 0. The van der Waals surface area contributed by atoms with E-state index >= 15 is 0 Å². The van der Waals surface area contributed by atoms with Gasteiger partial charge in [0.15, 0.2) is 0 Å². The second kappa shape index (κ2) is 7.38. The molecule has 0 spiro atoms. The highest BCUT2D eigenvalue weighted by molar-refractivity contribution is 6.44. The van der Waals surface area contributed by atoms with E-state index < -0.39 is 11.8 Å². The number of carbonyl (C=O) groups is 2. The lowest BCUT2D eigenvalue weighted by Crippen LogP contribution is -2.45. The molecule has 5 heteroatoms. The first kappa shape index (κ1) is 17.0. The van der Waals surface area contributed by atoms with E-state index in [2.05, 4.69) is 5.32 Å². The number of nitrogens with one attached hydrogen (secondary N) is 1. The Morgan fingerprint density at radius 1 is 1.08 bits per heavy atom. The van der Waals surface area contributed by atoms with Crippen molar-refractivity contribution in [3.63, 3.8) is 0 Å². The van der Waals surface area contributed by atoms with Gasteiger partial charge in [0.05, 0.1) is 0 Å². The maximum atomic E-state index is 12.9. The summed E-state index contributed by atoms with van der Waals surface area (Å²) in [6.07, 6.45) is 3.93. The summed E-state index contributed by atoms with van der Waals surface area (Å²) in [5.41, 5.74) is 8.70. The van der Waals surface area contributed by atoms with Crippen molar-refractivity contribution in [2.24, 2.45) is 0 Å². The number of para-hydroxylation sites is 1. The third-order valence-corrected chi connectivity index (χ3v) is 4.64. The summed E-state index contributed by atoms with van der Waals surface area (Å²) >= 11 is 0. The van der Waals surface area contributed by atoms with Crippen molar-refractivity contribution in [2.45, 2.75) is 38.6 Å². The Bertz CT molecular complexity index is 782. The van der Waals surface area contributed by atoms with Crippen LogP contribution in [0.2, 0.25) is 0 Å². The molecule has 1 saturated carbocycles. The molecule has 0 aliphatic heterocycles. The minimum atomic E-state index is -0.622. The van der Waals surface area contributed by atoms with Gasteiger partial charge in [0.1, 0.15) is 0 Å². The number of carbonyl (C=O) groups excluding carboxylic acids is 2. The molecule has 2 aromatic carbocycles. The largest absolute Gasteiger partial charge is 0.399 e. The van der Waals surface area contributed by atoms with Crippen molar-refractivity contribution in [3.05, 3.63) is 54.1 Å². The summed E-state index contributed by atoms with van der Waals surface area (Å²) in [5, 5.41) is 2.74. The van der Waals surface area contributed by atoms with Crippen molar-refractivity contribution < 1.29 is 9.59 Å². The molecule has 0 bridgehead atoms. The highest BCUT2D eigenvalue weighted by Crippen LogP contribution is 2.29. The zero-order valence-corrected chi connectivity index (χ0v) is 14.4. The normalized spacial score (nSPS) is 14.3. The predicted octanol–water partition coefficient (Wildman–Crippen LogP) is 3.49. The van der Waals surface area contributed by atoms with E-state index in [-0.39, 0.29) is 6.04 Å². The first-order valence-electron chi connectivity index (χ1n) is 8.62. The lowest BCUT2D eigenvalue weighted by atomic mass is 10.1. The van der Waals surface area contributed by atoms with Crippen LogP contribution < -0.4 is 16.0 Å². The third kappa shape index (κ3) is 3.82. The molecule has 2 aromatic rings. The lowest BCUT2D eigenvalue weighted by Gasteiger charge is -2.28. The van der Waals surface area contributed by atoms with Crippen LogP contribution in [0.1, 0.15) is 31.2 Å². The third-order valence-electron chi connectivity index (χ3n) is 4.64. The van der Waals surface area contributed by atoms with Gasteiger partial charge < -0.3 is 16.0 Å². The van der Waals surface area contributed by atoms with Gasteiger partial charge in [0, 0.05) is 23.1 Å². The average Bonchev–Trinajstić information content (AvgIpc) is 3.11. The van der Waals surface area contributed by atoms with E-state index in [9.17, 15) is 9.59 Å². The smallest absolute Gasteiger partial charge is 0.316 e. The summed E-state index contributed by atoms with van der Waals surface area (Å²) in [6, 6.07) is 14.6. The van der Waals surface area contributed by atoms with E-state index in [0.29, 0.717) is 17.1 Å². The standard InChI is InChI=1S/C20H23N3O2/c1-14-7-2-5-12-18(14)22-19(24)20(25)23(16-9-3-4-10-16)17-11-6-8-15(21)13-17/h2,5-8,11-13,16H,3-4,9-10,21H2,1H3,(H,22,24). The van der Waals surface area contributed by atoms with Crippen molar-refractivity contribution in [3.8, 4) is 0 Å². The van der Waals surface area contributed by atoms with Gasteiger partial charge in [-0.05, 0) is 49.6 Å². The number of amides is 2. The van der Waals surface area contributed by atoms with Gasteiger partial charge >= 0.3 is 11.8 Å². The Hall–Kier alpha value is -2.82. The van der Waals surface area contributed by atoms with Crippen LogP contribution in [-0.4, -0.2) is 17.9 Å². The van der Waals surface area contributed by atoms with Crippen molar-refractivity contribution in [1.29, 1.82) is 0 Å². The Labute approximate surface area is 147 Å². The van der Waals surface area contributed by atoms with E-state index in [0.717, 1.165) is 31.2 Å². The molecule has 0 radical (unpaired) electrons. The van der Waals surface area contributed by atoms with E-state index in [1.807, 2.05) is 31.2 Å². The van der Waals surface area contributed by atoms with Gasteiger partial charge in [0.25, 0.3) is 0 Å². The fraction of sp³-hybridized carbons (Fsp3) is 0.300. The second-order valence-corrected chi connectivity index (χ2v) is 6.48. The quantitative estimate of drug-likeness (QED) is 0.665. The van der Waals surface area contributed by atoms with Crippen LogP contribution in [0.25, 0.3) is 0 Å². The Morgan fingerprint density at radius 3 is 2.48 bits per heavy atom. The lowest BCUT2D eigenvalue weighted by molar-refractivity contribution is -0.134. The number of nitrogen functional groups attached to an aromatic ring is 1. The number of hydrogen-bond acceptors (Lipinski definition) is 3. The maximum Gasteiger partial charge on any atom is 0.316 e. The van der Waals surface area contributed by atoms with E-state index in [1.165, 1.54) is 0 Å². The molecule has 1 aliphatic rings. The fourth-order valence-electron chi connectivity index (χ4n) is 3.33. The molecule has 1 aliphatic carbocycles. The van der Waals surface area contributed by atoms with Crippen LogP contribution in [0.15, 0.2) is 48.5 Å². The highest BCUT2D eigenvalue weighted by atomic mass is 16.2. The Morgan fingerprint density at radius 2 is 1.80 bits per heavy atom. The Kier molecular flexibility index (Phi) is 5.03. The molecule has 130 valence electrons. The molecule has 0 heterocycles. The van der Waals surface area contributed by atoms with Gasteiger partial charge in [-0.2, -0.15) is 0 Å². The number of hydrogen-bond donors (Lipinski definition) is 2. The number of benzene rings is 2. The predicted molar refractivity (Wildman–Crippen MR) is 100 cm³/mol. The number of nitrogens with two attached hydrogens (primary N) is 1. The van der Waals surface area contributed by atoms with Crippen molar-refractivity contribution in [2.75, 3.05) is 16.0 Å². The molecule has 3 N–H and O–H groups in total. The molecular weight excluding hydrogens is 314 g/mol. The average molecular weight is 337 g/mol. The topological polar surface area (TPSA) is 75.4 Å². The van der Waals surface area contributed by atoms with Gasteiger partial charge in [-0.3, -0.25) is 9.59 Å². The fourth-order valence-corrected chi connectivity index (χ4v) is 3.33. The molecule has 25 heavy (non-hydrogen) atoms. The van der Waals surface area contributed by atoms with Gasteiger partial charge in [-0.1, -0.05) is 37.1 Å². The summed E-state index contributed by atoms with van der Waals surface area (Å²) in [5.74, 6) is -1.16. The molecule has 3 rings (SSSR count). The molecule has 5 nitrogen and oxygen atoms in total.